The number of ether oxygens (including phenoxy) is 1. The molecule has 2 heterocycles. The molecular formula is C20H22F2N4O5. The number of hydrogen-bond acceptors (Lipinski definition) is 8. The van der Waals surface area contributed by atoms with Gasteiger partial charge in [0.15, 0.2) is 17.3 Å². The largest absolute Gasteiger partial charge is 0.448 e. The molecule has 0 bridgehead atoms. The maximum Gasteiger partial charge on any atom is 0.295 e. The number of rotatable bonds is 8. The zero-order valence-corrected chi connectivity index (χ0v) is 16.8. The van der Waals surface area contributed by atoms with Crippen LogP contribution in [0.2, 0.25) is 0 Å². The lowest BCUT2D eigenvalue weighted by atomic mass is 10.2. The lowest BCUT2D eigenvalue weighted by molar-refractivity contribution is 0.132. The number of aromatic nitrogens is 3. The Morgan fingerprint density at radius 3 is 2.55 bits per heavy atom. The molecule has 2 aromatic heterocycles. The van der Waals surface area contributed by atoms with Gasteiger partial charge in [0.25, 0.3) is 5.56 Å². The van der Waals surface area contributed by atoms with Crippen LogP contribution >= 0.6 is 0 Å². The van der Waals surface area contributed by atoms with E-state index in [9.17, 15) is 28.9 Å². The fourth-order valence-electron chi connectivity index (χ4n) is 2.87. The normalized spacial score (nSPS) is 14.3. The third-order valence-corrected chi connectivity index (χ3v) is 4.45. The summed E-state index contributed by atoms with van der Waals surface area (Å²) in [5.41, 5.74) is -0.548. The van der Waals surface area contributed by atoms with Crippen LogP contribution in [0.5, 0.6) is 11.5 Å². The van der Waals surface area contributed by atoms with Crippen molar-refractivity contribution in [2.45, 2.75) is 38.6 Å². The molecule has 166 valence electrons. The van der Waals surface area contributed by atoms with Crippen LogP contribution in [0.25, 0.3) is 11.0 Å². The molecule has 4 N–H and O–H groups in total. The van der Waals surface area contributed by atoms with Crippen LogP contribution in [0.3, 0.4) is 0 Å². The minimum Gasteiger partial charge on any atom is -0.448 e. The predicted molar refractivity (Wildman–Crippen MR) is 108 cm³/mol. The van der Waals surface area contributed by atoms with Crippen molar-refractivity contribution >= 4 is 17.0 Å². The molecule has 1 aromatic carbocycles. The van der Waals surface area contributed by atoms with Crippen molar-refractivity contribution in [3.05, 3.63) is 52.5 Å². The quantitative estimate of drug-likeness (QED) is 0.417. The summed E-state index contributed by atoms with van der Waals surface area (Å²) in [6, 6.07) is 3.25. The highest BCUT2D eigenvalue weighted by molar-refractivity contribution is 5.77. The van der Waals surface area contributed by atoms with Gasteiger partial charge in [0, 0.05) is 17.6 Å². The van der Waals surface area contributed by atoms with Crippen molar-refractivity contribution in [1.29, 1.82) is 0 Å². The van der Waals surface area contributed by atoms with E-state index in [0.29, 0.717) is 11.5 Å². The maximum absolute atomic E-state index is 14.0. The topological polar surface area (TPSA) is 130 Å². The first-order valence-corrected chi connectivity index (χ1v) is 9.46. The van der Waals surface area contributed by atoms with Crippen LogP contribution < -0.4 is 15.6 Å². The van der Waals surface area contributed by atoms with E-state index in [2.05, 4.69) is 15.3 Å². The summed E-state index contributed by atoms with van der Waals surface area (Å²) in [7, 11) is 0. The van der Waals surface area contributed by atoms with E-state index >= 15 is 0 Å². The lowest BCUT2D eigenvalue weighted by Gasteiger charge is -2.19. The molecule has 0 saturated heterocycles. The number of benzene rings is 1. The summed E-state index contributed by atoms with van der Waals surface area (Å²) in [6.07, 6.45) is -0.453. The van der Waals surface area contributed by atoms with Crippen molar-refractivity contribution < 1.29 is 28.8 Å². The summed E-state index contributed by atoms with van der Waals surface area (Å²) in [6.45, 7) is 2.43. The monoisotopic (exact) mass is 436 g/mol. The highest BCUT2D eigenvalue weighted by atomic mass is 19.1. The molecule has 0 amide bonds. The van der Waals surface area contributed by atoms with E-state index in [1.165, 1.54) is 26.1 Å². The average molecular weight is 436 g/mol. The van der Waals surface area contributed by atoms with Crippen LogP contribution in [0.15, 0.2) is 35.3 Å². The Labute approximate surface area is 175 Å². The van der Waals surface area contributed by atoms with Crippen LogP contribution in [-0.4, -0.2) is 54.7 Å². The Hall–Kier alpha value is -3.15. The SMILES string of the molecule is C[C@H](O)Cn1c(=O)c(Oc2ccc(F)cc2F)cc2cnc(N[C@H](CO)[C@@H](C)O)nc21. The Bertz CT molecular complexity index is 1140. The predicted octanol–water partition coefficient (Wildman–Crippen LogP) is 1.40. The van der Waals surface area contributed by atoms with E-state index in [4.69, 9.17) is 4.74 Å². The molecule has 31 heavy (non-hydrogen) atoms. The first-order chi connectivity index (χ1) is 14.7. The second kappa shape index (κ2) is 9.33. The van der Waals surface area contributed by atoms with Gasteiger partial charge < -0.3 is 25.4 Å². The molecular weight excluding hydrogens is 414 g/mol. The number of fused-ring (bicyclic) bond motifs is 1. The highest BCUT2D eigenvalue weighted by Crippen LogP contribution is 2.25. The van der Waals surface area contributed by atoms with Crippen molar-refractivity contribution in [3.63, 3.8) is 0 Å². The van der Waals surface area contributed by atoms with Gasteiger partial charge in [-0.3, -0.25) is 9.36 Å². The third kappa shape index (κ3) is 5.13. The van der Waals surface area contributed by atoms with E-state index in [-0.39, 0.29) is 36.2 Å². The van der Waals surface area contributed by atoms with Crippen molar-refractivity contribution in [2.75, 3.05) is 11.9 Å². The number of anilines is 1. The molecule has 11 heteroatoms. The number of aliphatic hydroxyl groups is 3. The van der Waals surface area contributed by atoms with Gasteiger partial charge in [-0.05, 0) is 32.0 Å². The molecule has 0 aliphatic rings. The van der Waals surface area contributed by atoms with Crippen molar-refractivity contribution in [2.24, 2.45) is 0 Å². The number of pyridine rings is 1. The zero-order chi connectivity index (χ0) is 22.7. The Morgan fingerprint density at radius 2 is 1.94 bits per heavy atom. The van der Waals surface area contributed by atoms with Crippen molar-refractivity contribution in [1.82, 2.24) is 14.5 Å². The van der Waals surface area contributed by atoms with Gasteiger partial charge in [-0.25, -0.2) is 13.8 Å². The van der Waals surface area contributed by atoms with Gasteiger partial charge in [-0.15, -0.1) is 0 Å². The number of aliphatic hydroxyl groups excluding tert-OH is 3. The van der Waals surface area contributed by atoms with Crippen LogP contribution in [0, 0.1) is 11.6 Å². The first kappa shape index (κ1) is 22.5. The fraction of sp³-hybridized carbons (Fsp3) is 0.350. The minimum absolute atomic E-state index is 0.0458. The number of hydrogen-bond donors (Lipinski definition) is 4. The molecule has 3 rings (SSSR count). The molecule has 0 spiro atoms. The average Bonchev–Trinajstić information content (AvgIpc) is 2.70. The second-order valence-electron chi connectivity index (χ2n) is 7.10. The Balaban J connectivity index is 2.09. The smallest absolute Gasteiger partial charge is 0.295 e. The standard InChI is InChI=1S/C20H22F2N4O5/c1-10(28)8-26-18-12(7-23-20(25-18)24-15(9-27)11(2)29)5-17(19(26)30)31-16-4-3-13(21)6-14(16)22/h3-7,10-11,15,27-29H,8-9H2,1-2H3,(H,23,24,25)/t10-,11+,15+/m0/s1. The molecule has 9 nitrogen and oxygen atoms in total. The molecule has 0 aliphatic heterocycles. The van der Waals surface area contributed by atoms with Gasteiger partial charge in [0.05, 0.1) is 31.4 Å². The second-order valence-corrected chi connectivity index (χ2v) is 7.10. The Morgan fingerprint density at radius 1 is 1.19 bits per heavy atom. The first-order valence-electron chi connectivity index (χ1n) is 9.46. The van der Waals surface area contributed by atoms with Crippen LogP contribution in [0.4, 0.5) is 14.7 Å². The van der Waals surface area contributed by atoms with E-state index in [1.54, 1.807) is 0 Å². The number of halogens is 2. The van der Waals surface area contributed by atoms with Gasteiger partial charge in [0.2, 0.25) is 5.95 Å². The van der Waals surface area contributed by atoms with Crippen LogP contribution in [0.1, 0.15) is 13.8 Å². The molecule has 0 radical (unpaired) electrons. The summed E-state index contributed by atoms with van der Waals surface area (Å²) in [5.74, 6) is -2.33. The molecule has 3 atom stereocenters. The maximum atomic E-state index is 14.0. The molecule has 0 unspecified atom stereocenters. The van der Waals surface area contributed by atoms with E-state index < -0.39 is 35.4 Å². The van der Waals surface area contributed by atoms with Gasteiger partial charge in [0.1, 0.15) is 11.5 Å². The van der Waals surface area contributed by atoms with Crippen molar-refractivity contribution in [3.8, 4) is 11.5 Å². The van der Waals surface area contributed by atoms with Gasteiger partial charge in [-0.2, -0.15) is 4.98 Å². The van der Waals surface area contributed by atoms with E-state index in [1.807, 2.05) is 0 Å². The van der Waals surface area contributed by atoms with E-state index in [0.717, 1.165) is 16.7 Å². The fourth-order valence-corrected chi connectivity index (χ4v) is 2.87. The summed E-state index contributed by atoms with van der Waals surface area (Å²) < 4.78 is 33.6. The number of nitrogens with one attached hydrogen (secondary N) is 1. The van der Waals surface area contributed by atoms with Crippen LogP contribution in [-0.2, 0) is 6.54 Å². The molecule has 0 saturated carbocycles. The zero-order valence-electron chi connectivity index (χ0n) is 16.8. The lowest BCUT2D eigenvalue weighted by Crippen LogP contribution is -2.35. The summed E-state index contributed by atoms with van der Waals surface area (Å²) >= 11 is 0. The third-order valence-electron chi connectivity index (χ3n) is 4.45. The molecule has 0 aliphatic carbocycles. The highest BCUT2D eigenvalue weighted by Gasteiger charge is 2.19. The Kier molecular flexibility index (Phi) is 6.78. The molecule has 0 fully saturated rings. The summed E-state index contributed by atoms with van der Waals surface area (Å²) in [5, 5.41) is 32.0. The molecule has 3 aromatic rings. The summed E-state index contributed by atoms with van der Waals surface area (Å²) in [4.78, 5) is 21.3. The van der Waals surface area contributed by atoms with Gasteiger partial charge in [-0.1, -0.05) is 0 Å². The minimum atomic E-state index is -0.981. The number of nitrogens with zero attached hydrogens (tertiary/aromatic N) is 3. The van der Waals surface area contributed by atoms with Gasteiger partial charge >= 0.3 is 0 Å².